The van der Waals surface area contributed by atoms with Crippen LogP contribution in [-0.4, -0.2) is 18.1 Å². The zero-order chi connectivity index (χ0) is 13.1. The van der Waals surface area contributed by atoms with E-state index in [4.69, 9.17) is 4.74 Å². The molecule has 1 N–H and O–H groups in total. The number of ether oxygens (including phenoxy) is 1. The predicted molar refractivity (Wildman–Crippen MR) is 81.2 cm³/mol. The van der Waals surface area contributed by atoms with Crippen LogP contribution < -0.4 is 10.1 Å². The van der Waals surface area contributed by atoms with Gasteiger partial charge in [0, 0.05) is 6.54 Å². The molecule has 2 aromatic rings. The second-order valence-corrected chi connectivity index (χ2v) is 6.12. The van der Waals surface area contributed by atoms with Crippen molar-refractivity contribution in [3.05, 3.63) is 18.2 Å². The fourth-order valence-electron chi connectivity index (χ4n) is 2.23. The second kappa shape index (κ2) is 5.78. The van der Waals surface area contributed by atoms with Crippen molar-refractivity contribution in [1.82, 2.24) is 4.98 Å². The number of hydrogen-bond acceptors (Lipinski definition) is 4. The van der Waals surface area contributed by atoms with Gasteiger partial charge in [-0.15, -0.1) is 0 Å². The molecule has 0 amide bonds. The summed E-state index contributed by atoms with van der Waals surface area (Å²) in [5, 5.41) is 4.46. The van der Waals surface area contributed by atoms with Crippen LogP contribution in [0.4, 0.5) is 5.13 Å². The Labute approximate surface area is 118 Å². The molecule has 0 aliphatic heterocycles. The number of nitrogens with zero attached hydrogens (tertiary/aromatic N) is 1. The molecule has 0 unspecified atom stereocenters. The number of nitrogens with one attached hydrogen (secondary N) is 1. The van der Waals surface area contributed by atoms with E-state index in [0.29, 0.717) is 6.61 Å². The van der Waals surface area contributed by atoms with E-state index in [1.54, 1.807) is 11.3 Å². The molecule has 1 aliphatic carbocycles. The Balaban J connectivity index is 1.59. The molecular formula is C15H20N2OS. The van der Waals surface area contributed by atoms with Crippen molar-refractivity contribution >= 4 is 26.7 Å². The molecular weight excluding hydrogens is 256 g/mol. The van der Waals surface area contributed by atoms with Gasteiger partial charge >= 0.3 is 0 Å². The fourth-order valence-corrected chi connectivity index (χ4v) is 3.15. The third kappa shape index (κ3) is 3.38. The quantitative estimate of drug-likeness (QED) is 0.766. The summed E-state index contributed by atoms with van der Waals surface area (Å²) in [6.45, 7) is 3.74. The van der Waals surface area contributed by atoms with Crippen LogP contribution in [-0.2, 0) is 0 Å². The molecule has 102 valence electrons. The van der Waals surface area contributed by atoms with Gasteiger partial charge in [0.2, 0.25) is 0 Å². The summed E-state index contributed by atoms with van der Waals surface area (Å²) in [5.41, 5.74) is 1.05. The average Bonchev–Trinajstić information content (AvgIpc) is 3.14. The van der Waals surface area contributed by atoms with Gasteiger partial charge in [0.25, 0.3) is 0 Å². The number of aromatic nitrogens is 1. The predicted octanol–water partition coefficient (Wildman–Crippen LogP) is 4.30. The molecule has 4 heteroatoms. The van der Waals surface area contributed by atoms with Gasteiger partial charge in [0.15, 0.2) is 5.13 Å². The molecule has 0 radical (unpaired) electrons. The summed E-state index contributed by atoms with van der Waals surface area (Å²) in [6.07, 6.45) is 5.51. The van der Waals surface area contributed by atoms with Crippen LogP contribution in [0.15, 0.2) is 18.2 Å². The molecule has 1 aromatic heterocycles. The fraction of sp³-hybridized carbons (Fsp3) is 0.533. The van der Waals surface area contributed by atoms with Crippen molar-refractivity contribution in [2.75, 3.05) is 18.5 Å². The molecule has 1 saturated carbocycles. The van der Waals surface area contributed by atoms with Gasteiger partial charge in [-0.2, -0.15) is 0 Å². The van der Waals surface area contributed by atoms with Gasteiger partial charge in [-0.25, -0.2) is 4.98 Å². The Morgan fingerprint density at radius 3 is 3.11 bits per heavy atom. The lowest BCUT2D eigenvalue weighted by Gasteiger charge is -2.00. The first-order valence-corrected chi connectivity index (χ1v) is 7.94. The molecule has 0 bridgehead atoms. The van der Waals surface area contributed by atoms with Crippen molar-refractivity contribution in [2.45, 2.75) is 32.6 Å². The van der Waals surface area contributed by atoms with Crippen molar-refractivity contribution < 1.29 is 4.74 Å². The van der Waals surface area contributed by atoms with Gasteiger partial charge in [0.05, 0.1) is 16.8 Å². The van der Waals surface area contributed by atoms with Crippen molar-refractivity contribution in [2.24, 2.45) is 5.92 Å². The highest BCUT2D eigenvalue weighted by Gasteiger charge is 2.19. The zero-order valence-corrected chi connectivity index (χ0v) is 12.1. The summed E-state index contributed by atoms with van der Waals surface area (Å²) in [5.74, 6) is 1.95. The monoisotopic (exact) mass is 276 g/mol. The number of benzene rings is 1. The van der Waals surface area contributed by atoms with E-state index in [2.05, 4.69) is 16.4 Å². The summed E-state index contributed by atoms with van der Waals surface area (Å²) in [4.78, 5) is 4.60. The highest BCUT2D eigenvalue weighted by molar-refractivity contribution is 7.22. The third-order valence-corrected chi connectivity index (χ3v) is 4.41. The van der Waals surface area contributed by atoms with Gasteiger partial charge in [0.1, 0.15) is 5.75 Å². The summed E-state index contributed by atoms with van der Waals surface area (Å²) < 4.78 is 6.70. The highest BCUT2D eigenvalue weighted by atomic mass is 32.1. The first-order chi connectivity index (χ1) is 9.35. The first-order valence-electron chi connectivity index (χ1n) is 7.12. The Bertz CT molecular complexity index is 548. The molecule has 3 nitrogen and oxygen atoms in total. The van der Waals surface area contributed by atoms with E-state index < -0.39 is 0 Å². The SMILES string of the molecule is CCOc1ccc2nc(NCCCC3CC3)sc2c1. The standard InChI is InChI=1S/C15H20N2OS/c1-2-18-12-7-8-13-14(10-12)19-15(17-13)16-9-3-4-11-5-6-11/h7-8,10-11H,2-6,9H2,1H3,(H,16,17). The third-order valence-electron chi connectivity index (χ3n) is 3.43. The topological polar surface area (TPSA) is 34.1 Å². The molecule has 1 heterocycles. The van der Waals surface area contributed by atoms with Crippen LogP contribution in [0.3, 0.4) is 0 Å². The lowest BCUT2D eigenvalue weighted by Crippen LogP contribution is -2.00. The lowest BCUT2D eigenvalue weighted by molar-refractivity contribution is 0.341. The zero-order valence-electron chi connectivity index (χ0n) is 11.3. The minimum Gasteiger partial charge on any atom is -0.494 e. The van der Waals surface area contributed by atoms with Gasteiger partial charge in [-0.3, -0.25) is 0 Å². The molecule has 19 heavy (non-hydrogen) atoms. The van der Waals surface area contributed by atoms with E-state index in [9.17, 15) is 0 Å². The van der Waals surface area contributed by atoms with Crippen LogP contribution in [0.1, 0.15) is 32.6 Å². The summed E-state index contributed by atoms with van der Waals surface area (Å²) in [6, 6.07) is 6.10. The summed E-state index contributed by atoms with van der Waals surface area (Å²) >= 11 is 1.71. The van der Waals surface area contributed by atoms with Crippen molar-refractivity contribution in [1.29, 1.82) is 0 Å². The van der Waals surface area contributed by atoms with Crippen LogP contribution in [0.5, 0.6) is 5.75 Å². The van der Waals surface area contributed by atoms with E-state index in [1.165, 1.54) is 30.4 Å². The van der Waals surface area contributed by atoms with Crippen LogP contribution in [0.25, 0.3) is 10.2 Å². The van der Waals surface area contributed by atoms with Crippen LogP contribution in [0.2, 0.25) is 0 Å². The number of thiazole rings is 1. The summed E-state index contributed by atoms with van der Waals surface area (Å²) in [7, 11) is 0. The van der Waals surface area contributed by atoms with E-state index >= 15 is 0 Å². The van der Waals surface area contributed by atoms with E-state index in [1.807, 2.05) is 19.1 Å². The number of anilines is 1. The molecule has 0 saturated heterocycles. The molecule has 0 atom stereocenters. The Kier molecular flexibility index (Phi) is 3.87. The first kappa shape index (κ1) is 12.7. The minimum absolute atomic E-state index is 0.705. The van der Waals surface area contributed by atoms with E-state index in [-0.39, 0.29) is 0 Å². The number of rotatable bonds is 7. The second-order valence-electron chi connectivity index (χ2n) is 5.09. The maximum atomic E-state index is 5.51. The van der Waals surface area contributed by atoms with Crippen LogP contribution >= 0.6 is 11.3 Å². The number of fused-ring (bicyclic) bond motifs is 1. The normalized spacial score (nSPS) is 14.8. The molecule has 3 rings (SSSR count). The maximum absolute atomic E-state index is 5.51. The van der Waals surface area contributed by atoms with E-state index in [0.717, 1.165) is 28.9 Å². The Hall–Kier alpha value is -1.29. The van der Waals surface area contributed by atoms with Crippen LogP contribution in [0, 0.1) is 5.92 Å². The molecule has 1 aliphatic rings. The molecule has 1 fully saturated rings. The highest BCUT2D eigenvalue weighted by Crippen LogP contribution is 2.33. The lowest BCUT2D eigenvalue weighted by atomic mass is 10.2. The molecule has 0 spiro atoms. The number of hydrogen-bond donors (Lipinski definition) is 1. The average molecular weight is 276 g/mol. The smallest absolute Gasteiger partial charge is 0.183 e. The van der Waals surface area contributed by atoms with Gasteiger partial charge < -0.3 is 10.1 Å². The minimum atomic E-state index is 0.705. The van der Waals surface area contributed by atoms with Crippen molar-refractivity contribution in [3.63, 3.8) is 0 Å². The molecule has 1 aromatic carbocycles. The van der Waals surface area contributed by atoms with Gasteiger partial charge in [-0.1, -0.05) is 24.2 Å². The maximum Gasteiger partial charge on any atom is 0.183 e. The van der Waals surface area contributed by atoms with Gasteiger partial charge in [-0.05, 0) is 43.9 Å². The largest absolute Gasteiger partial charge is 0.494 e. The van der Waals surface area contributed by atoms with Crippen molar-refractivity contribution in [3.8, 4) is 5.75 Å². The Morgan fingerprint density at radius 1 is 1.42 bits per heavy atom. The Morgan fingerprint density at radius 2 is 2.32 bits per heavy atom.